The largest absolute Gasteiger partial charge is 0.296 e. The minimum absolute atomic E-state index is 0.206. The van der Waals surface area contributed by atoms with Crippen molar-refractivity contribution in [2.45, 2.75) is 26.2 Å². The number of nitrogens with one attached hydrogen (secondary N) is 1. The van der Waals surface area contributed by atoms with Gasteiger partial charge in [-0.1, -0.05) is 18.2 Å². The molecule has 4 aromatic rings. The van der Waals surface area contributed by atoms with Crippen molar-refractivity contribution in [3.05, 3.63) is 76.7 Å². The van der Waals surface area contributed by atoms with E-state index in [1.54, 1.807) is 12.4 Å². The number of nitrogens with zero attached hydrogens (tertiary/aromatic N) is 4. The van der Waals surface area contributed by atoms with E-state index in [1.165, 1.54) is 11.3 Å². The van der Waals surface area contributed by atoms with Crippen molar-refractivity contribution < 1.29 is 4.79 Å². The lowest BCUT2D eigenvalue weighted by atomic mass is 10.2. The zero-order chi connectivity index (χ0) is 19.8. The lowest BCUT2D eigenvalue weighted by Crippen LogP contribution is -2.15. The molecule has 29 heavy (non-hydrogen) atoms. The van der Waals surface area contributed by atoms with Crippen LogP contribution in [0.25, 0.3) is 16.9 Å². The van der Waals surface area contributed by atoms with Crippen molar-refractivity contribution in [1.29, 1.82) is 0 Å². The van der Waals surface area contributed by atoms with E-state index < -0.39 is 0 Å². The molecule has 0 saturated carbocycles. The van der Waals surface area contributed by atoms with Gasteiger partial charge in [-0.05, 0) is 49.9 Å². The van der Waals surface area contributed by atoms with E-state index in [4.69, 9.17) is 5.10 Å². The number of aromatic nitrogens is 4. The highest BCUT2D eigenvalue weighted by atomic mass is 32.1. The molecule has 1 N–H and O–H groups in total. The number of para-hydroxylation sites is 1. The number of anilines is 1. The van der Waals surface area contributed by atoms with Gasteiger partial charge in [0.05, 0.1) is 11.4 Å². The number of carbonyl (C=O) groups excluding carboxylic acids is 1. The van der Waals surface area contributed by atoms with Crippen LogP contribution in [0.15, 0.2) is 54.2 Å². The van der Waals surface area contributed by atoms with Crippen LogP contribution in [0.4, 0.5) is 5.13 Å². The molecule has 3 heterocycles. The average molecular weight is 401 g/mol. The highest BCUT2D eigenvalue weighted by Crippen LogP contribution is 2.30. The van der Waals surface area contributed by atoms with Gasteiger partial charge in [0.2, 0.25) is 0 Å². The van der Waals surface area contributed by atoms with Gasteiger partial charge in [0, 0.05) is 34.6 Å². The molecule has 0 unspecified atom stereocenters. The number of pyridine rings is 1. The molecule has 1 aliphatic rings. The van der Waals surface area contributed by atoms with E-state index in [0.29, 0.717) is 10.8 Å². The van der Waals surface area contributed by atoms with Gasteiger partial charge in [-0.3, -0.25) is 15.1 Å². The number of fused-ring (bicyclic) bond motifs is 1. The Morgan fingerprint density at radius 2 is 2.07 bits per heavy atom. The lowest BCUT2D eigenvalue weighted by molar-refractivity contribution is 0.102. The molecule has 0 aliphatic heterocycles. The molecule has 1 amide bonds. The lowest BCUT2D eigenvalue weighted by Gasteiger charge is -2.08. The Morgan fingerprint density at radius 3 is 2.90 bits per heavy atom. The summed E-state index contributed by atoms with van der Waals surface area (Å²) in [5, 5.41) is 10.1. The van der Waals surface area contributed by atoms with Crippen molar-refractivity contribution in [2.24, 2.45) is 0 Å². The van der Waals surface area contributed by atoms with E-state index in [0.717, 1.165) is 53.0 Å². The Kier molecular flexibility index (Phi) is 4.44. The molecule has 0 radical (unpaired) electrons. The summed E-state index contributed by atoms with van der Waals surface area (Å²) in [4.78, 5) is 21.7. The smallest absolute Gasteiger partial charge is 0.278 e. The van der Waals surface area contributed by atoms with Gasteiger partial charge in [-0.15, -0.1) is 11.3 Å². The van der Waals surface area contributed by atoms with E-state index in [9.17, 15) is 4.79 Å². The van der Waals surface area contributed by atoms with Crippen LogP contribution in [-0.2, 0) is 12.8 Å². The molecule has 7 heteroatoms. The third-order valence-electron chi connectivity index (χ3n) is 5.17. The van der Waals surface area contributed by atoms with Gasteiger partial charge in [-0.2, -0.15) is 5.10 Å². The zero-order valence-corrected chi connectivity index (χ0v) is 16.7. The van der Waals surface area contributed by atoms with Crippen molar-refractivity contribution >= 4 is 22.4 Å². The first kappa shape index (κ1) is 17.8. The summed E-state index contributed by atoms with van der Waals surface area (Å²) in [7, 11) is 0. The normalized spacial score (nSPS) is 12.7. The Morgan fingerprint density at radius 1 is 1.17 bits per heavy atom. The van der Waals surface area contributed by atoms with Crippen molar-refractivity contribution in [3.8, 4) is 16.9 Å². The fourth-order valence-electron chi connectivity index (χ4n) is 3.75. The molecule has 0 atom stereocenters. The van der Waals surface area contributed by atoms with Crippen LogP contribution in [0.3, 0.4) is 0 Å². The minimum Gasteiger partial charge on any atom is -0.296 e. The topological polar surface area (TPSA) is 72.7 Å². The molecule has 144 valence electrons. The van der Waals surface area contributed by atoms with Crippen LogP contribution < -0.4 is 5.32 Å². The number of amides is 1. The third-order valence-corrected chi connectivity index (χ3v) is 5.93. The summed E-state index contributed by atoms with van der Waals surface area (Å²) in [6.07, 6.45) is 6.35. The maximum atomic E-state index is 13.0. The van der Waals surface area contributed by atoms with Gasteiger partial charge in [0.15, 0.2) is 10.8 Å². The van der Waals surface area contributed by atoms with Crippen LogP contribution in [0.1, 0.15) is 33.7 Å². The summed E-state index contributed by atoms with van der Waals surface area (Å²) in [6, 6.07) is 11.9. The Hall–Kier alpha value is -3.32. The van der Waals surface area contributed by atoms with Gasteiger partial charge in [-0.25, -0.2) is 9.67 Å². The van der Waals surface area contributed by atoms with E-state index >= 15 is 0 Å². The number of thiazole rings is 1. The first-order valence-electron chi connectivity index (χ1n) is 9.55. The monoisotopic (exact) mass is 401 g/mol. The fraction of sp³-hybridized carbons (Fsp3) is 0.182. The molecular formula is C22H19N5OS. The van der Waals surface area contributed by atoms with Crippen LogP contribution >= 0.6 is 11.3 Å². The Labute approximate surface area is 172 Å². The first-order chi connectivity index (χ1) is 14.2. The summed E-state index contributed by atoms with van der Waals surface area (Å²) in [5.41, 5.74) is 6.58. The number of hydrogen-bond acceptors (Lipinski definition) is 5. The molecule has 0 spiro atoms. The number of rotatable bonds is 4. The Bertz CT molecular complexity index is 1200. The molecule has 0 bridgehead atoms. The summed E-state index contributed by atoms with van der Waals surface area (Å²) in [5.74, 6) is -0.206. The second-order valence-electron chi connectivity index (χ2n) is 7.06. The zero-order valence-electron chi connectivity index (χ0n) is 15.9. The summed E-state index contributed by atoms with van der Waals surface area (Å²) < 4.78 is 1.94. The predicted molar refractivity (Wildman–Crippen MR) is 114 cm³/mol. The molecule has 0 saturated heterocycles. The summed E-state index contributed by atoms with van der Waals surface area (Å²) >= 11 is 1.40. The SMILES string of the molecule is Cc1ccccc1-n1nc(C(=O)Nc2nc(-c3cccnc3)cs2)c2c1CCC2. The highest BCUT2D eigenvalue weighted by Gasteiger charge is 2.27. The van der Waals surface area contributed by atoms with Gasteiger partial charge < -0.3 is 0 Å². The van der Waals surface area contributed by atoms with Crippen LogP contribution in [0.5, 0.6) is 0 Å². The Balaban J connectivity index is 1.45. The standard InChI is InChI=1S/C22H19N5OS/c1-14-6-2-3-9-18(14)27-19-10-4-8-16(19)20(26-27)21(28)25-22-24-17(13-29-22)15-7-5-11-23-12-15/h2-3,5-7,9,11-13H,4,8,10H2,1H3,(H,24,25,28). The van der Waals surface area contributed by atoms with Crippen molar-refractivity contribution in [1.82, 2.24) is 19.7 Å². The molecule has 1 aliphatic carbocycles. The van der Waals surface area contributed by atoms with Crippen LogP contribution in [-0.4, -0.2) is 25.7 Å². The van der Waals surface area contributed by atoms with Gasteiger partial charge in [0.25, 0.3) is 5.91 Å². The minimum atomic E-state index is -0.206. The second kappa shape index (κ2) is 7.25. The van der Waals surface area contributed by atoms with E-state index in [1.807, 2.05) is 40.4 Å². The second-order valence-corrected chi connectivity index (χ2v) is 7.92. The molecule has 1 aromatic carbocycles. The van der Waals surface area contributed by atoms with Crippen LogP contribution in [0.2, 0.25) is 0 Å². The summed E-state index contributed by atoms with van der Waals surface area (Å²) in [6.45, 7) is 2.06. The van der Waals surface area contributed by atoms with Crippen molar-refractivity contribution in [3.63, 3.8) is 0 Å². The molecule has 5 rings (SSSR count). The quantitative estimate of drug-likeness (QED) is 0.549. The van der Waals surface area contributed by atoms with Crippen molar-refractivity contribution in [2.75, 3.05) is 5.32 Å². The molecule has 0 fully saturated rings. The van der Waals surface area contributed by atoms with Crippen LogP contribution in [0, 0.1) is 6.92 Å². The number of hydrogen-bond donors (Lipinski definition) is 1. The van der Waals surface area contributed by atoms with E-state index in [-0.39, 0.29) is 5.91 Å². The predicted octanol–water partition coefficient (Wildman–Crippen LogP) is 4.44. The van der Waals surface area contributed by atoms with E-state index in [2.05, 4.69) is 28.3 Å². The first-order valence-corrected chi connectivity index (χ1v) is 10.4. The highest BCUT2D eigenvalue weighted by molar-refractivity contribution is 7.14. The maximum absolute atomic E-state index is 13.0. The third kappa shape index (κ3) is 3.23. The van der Waals surface area contributed by atoms with Gasteiger partial charge >= 0.3 is 0 Å². The molecular weight excluding hydrogens is 382 g/mol. The van der Waals surface area contributed by atoms with Gasteiger partial charge in [0.1, 0.15) is 0 Å². The number of benzene rings is 1. The number of carbonyl (C=O) groups is 1. The maximum Gasteiger partial charge on any atom is 0.278 e. The average Bonchev–Trinajstić information content (AvgIpc) is 3.46. The number of aryl methyl sites for hydroxylation is 1. The molecule has 6 nitrogen and oxygen atoms in total. The molecule has 3 aromatic heterocycles. The fourth-order valence-corrected chi connectivity index (χ4v) is 4.47.